The van der Waals surface area contributed by atoms with Crippen molar-refractivity contribution < 1.29 is 14.2 Å². The summed E-state index contributed by atoms with van der Waals surface area (Å²) < 4.78 is 15.2. The van der Waals surface area contributed by atoms with Gasteiger partial charge in [-0.05, 0) is 13.0 Å². The van der Waals surface area contributed by atoms with E-state index in [0.29, 0.717) is 18.9 Å². The Morgan fingerprint density at radius 2 is 1.68 bits per heavy atom. The first kappa shape index (κ1) is 15.6. The molecule has 1 rings (SSSR count). The average molecular weight is 270 g/mol. The number of hydrogen-bond acceptors (Lipinski definition) is 7. The molecule has 108 valence electrons. The molecule has 0 aliphatic carbocycles. The number of hydrogen-bond donors (Lipinski definition) is 1. The molecule has 7 heteroatoms. The maximum absolute atomic E-state index is 5.19. The molecule has 1 heterocycles. The number of nitrogens with one attached hydrogen (secondary N) is 1. The smallest absolute Gasteiger partial charge is 0.322 e. The molecule has 0 aromatic carbocycles. The predicted molar refractivity (Wildman–Crippen MR) is 70.6 cm³/mol. The Hall–Kier alpha value is -1.47. The molecule has 0 radical (unpaired) electrons. The molecule has 0 spiro atoms. The minimum absolute atomic E-state index is 0.154. The van der Waals surface area contributed by atoms with E-state index in [0.717, 1.165) is 13.0 Å². The quantitative estimate of drug-likeness (QED) is 0.697. The fourth-order valence-corrected chi connectivity index (χ4v) is 1.61. The van der Waals surface area contributed by atoms with Crippen LogP contribution in [0.2, 0.25) is 0 Å². The zero-order valence-corrected chi connectivity index (χ0v) is 12.0. The lowest BCUT2D eigenvalue weighted by molar-refractivity contribution is 0.165. The molecule has 7 nitrogen and oxygen atoms in total. The maximum Gasteiger partial charge on any atom is 0.322 e. The van der Waals surface area contributed by atoms with Gasteiger partial charge >= 0.3 is 12.0 Å². The van der Waals surface area contributed by atoms with Gasteiger partial charge in [0.15, 0.2) is 0 Å². The standard InChI is InChI=1S/C12H22N4O3/c1-5-6-13-9(8-17-2)7-10-14-11(18-3)16-12(15-10)19-4/h9,13H,5-8H2,1-4H3. The summed E-state index contributed by atoms with van der Waals surface area (Å²) in [5, 5.41) is 3.39. The summed E-state index contributed by atoms with van der Waals surface area (Å²) in [6.45, 7) is 3.63. The van der Waals surface area contributed by atoms with Crippen molar-refractivity contribution in [1.82, 2.24) is 20.3 Å². The lowest BCUT2D eigenvalue weighted by Crippen LogP contribution is -2.36. The Labute approximate surface area is 113 Å². The topological polar surface area (TPSA) is 78.4 Å². The van der Waals surface area contributed by atoms with Gasteiger partial charge in [0.2, 0.25) is 0 Å². The summed E-state index contributed by atoms with van der Waals surface area (Å²) in [5.41, 5.74) is 0. The van der Waals surface area contributed by atoms with Crippen molar-refractivity contribution >= 4 is 0 Å². The van der Waals surface area contributed by atoms with Gasteiger partial charge in [0.1, 0.15) is 5.82 Å². The summed E-state index contributed by atoms with van der Waals surface area (Å²) in [4.78, 5) is 12.4. The highest BCUT2D eigenvalue weighted by Gasteiger charge is 2.13. The largest absolute Gasteiger partial charge is 0.467 e. The third-order valence-corrected chi connectivity index (χ3v) is 2.49. The van der Waals surface area contributed by atoms with Gasteiger partial charge in [0, 0.05) is 19.6 Å². The third kappa shape index (κ3) is 5.35. The highest BCUT2D eigenvalue weighted by atomic mass is 16.5. The van der Waals surface area contributed by atoms with Gasteiger partial charge in [-0.15, -0.1) is 4.98 Å². The summed E-state index contributed by atoms with van der Waals surface area (Å²) in [6.07, 6.45) is 1.69. The number of ether oxygens (including phenoxy) is 3. The molecule has 1 N–H and O–H groups in total. The van der Waals surface area contributed by atoms with Gasteiger partial charge in [-0.25, -0.2) is 0 Å². The van der Waals surface area contributed by atoms with E-state index in [9.17, 15) is 0 Å². The molecule has 0 saturated heterocycles. The van der Waals surface area contributed by atoms with Crippen LogP contribution in [0, 0.1) is 0 Å². The van der Waals surface area contributed by atoms with Crippen LogP contribution in [-0.2, 0) is 11.2 Å². The van der Waals surface area contributed by atoms with E-state index < -0.39 is 0 Å². The molecule has 1 aromatic heterocycles. The van der Waals surface area contributed by atoms with Crippen molar-refractivity contribution in [3.63, 3.8) is 0 Å². The first-order valence-corrected chi connectivity index (χ1v) is 6.28. The lowest BCUT2D eigenvalue weighted by Gasteiger charge is -2.16. The third-order valence-electron chi connectivity index (χ3n) is 2.49. The van der Waals surface area contributed by atoms with Crippen molar-refractivity contribution in [2.45, 2.75) is 25.8 Å². The SMILES string of the molecule is CCCNC(COC)Cc1nc(OC)nc(OC)n1. The Kier molecular flexibility index (Phi) is 7.06. The van der Waals surface area contributed by atoms with Gasteiger partial charge in [-0.3, -0.25) is 0 Å². The fourth-order valence-electron chi connectivity index (χ4n) is 1.61. The second-order valence-electron chi connectivity index (χ2n) is 4.04. The Bertz CT molecular complexity index is 354. The normalized spacial score (nSPS) is 12.2. The van der Waals surface area contributed by atoms with Gasteiger partial charge in [0.05, 0.1) is 20.8 Å². The first-order chi connectivity index (χ1) is 9.23. The number of aromatic nitrogens is 3. The molecule has 0 aliphatic rings. The lowest BCUT2D eigenvalue weighted by atomic mass is 10.2. The number of nitrogens with zero attached hydrogens (tertiary/aromatic N) is 3. The minimum atomic E-state index is 0.154. The molecule has 0 fully saturated rings. The molecule has 0 amide bonds. The second kappa shape index (κ2) is 8.60. The van der Waals surface area contributed by atoms with Gasteiger partial charge in [-0.1, -0.05) is 6.92 Å². The molecular formula is C12H22N4O3. The van der Waals surface area contributed by atoms with Gasteiger partial charge in [0.25, 0.3) is 0 Å². The van der Waals surface area contributed by atoms with E-state index in [1.165, 1.54) is 14.2 Å². The fraction of sp³-hybridized carbons (Fsp3) is 0.750. The first-order valence-electron chi connectivity index (χ1n) is 6.28. The zero-order chi connectivity index (χ0) is 14.1. The van der Waals surface area contributed by atoms with Crippen LogP contribution < -0.4 is 14.8 Å². The van der Waals surface area contributed by atoms with Crippen LogP contribution in [0.1, 0.15) is 19.2 Å². The van der Waals surface area contributed by atoms with E-state index in [1.54, 1.807) is 7.11 Å². The Morgan fingerprint density at radius 3 is 2.16 bits per heavy atom. The van der Waals surface area contributed by atoms with Crippen LogP contribution in [0.25, 0.3) is 0 Å². The van der Waals surface area contributed by atoms with E-state index in [1.807, 2.05) is 0 Å². The molecule has 1 atom stereocenters. The van der Waals surface area contributed by atoms with Crippen molar-refractivity contribution in [2.75, 3.05) is 34.5 Å². The van der Waals surface area contributed by atoms with Crippen LogP contribution in [0.5, 0.6) is 12.0 Å². The summed E-state index contributed by atoms with van der Waals surface area (Å²) in [6, 6.07) is 0.670. The Balaban J connectivity index is 2.76. The highest BCUT2D eigenvalue weighted by molar-refractivity contribution is 5.06. The van der Waals surface area contributed by atoms with Crippen LogP contribution in [0.15, 0.2) is 0 Å². The van der Waals surface area contributed by atoms with Gasteiger partial charge < -0.3 is 19.5 Å². The molecule has 19 heavy (non-hydrogen) atoms. The van der Waals surface area contributed by atoms with E-state index in [2.05, 4.69) is 27.2 Å². The van der Waals surface area contributed by atoms with Gasteiger partial charge in [-0.2, -0.15) is 9.97 Å². The summed E-state index contributed by atoms with van der Waals surface area (Å²) in [7, 11) is 4.70. The van der Waals surface area contributed by atoms with Crippen LogP contribution in [0.4, 0.5) is 0 Å². The average Bonchev–Trinajstić information content (AvgIpc) is 2.44. The molecule has 0 aliphatic heterocycles. The minimum Gasteiger partial charge on any atom is -0.467 e. The molecule has 0 bridgehead atoms. The number of methoxy groups -OCH3 is 3. The van der Waals surface area contributed by atoms with Crippen molar-refractivity contribution in [3.05, 3.63) is 5.82 Å². The molecule has 1 aromatic rings. The molecule has 1 unspecified atom stereocenters. The summed E-state index contributed by atoms with van der Waals surface area (Å²) >= 11 is 0. The van der Waals surface area contributed by atoms with Crippen molar-refractivity contribution in [3.8, 4) is 12.0 Å². The predicted octanol–water partition coefficient (Wildman–Crippen LogP) is 0.446. The monoisotopic (exact) mass is 270 g/mol. The van der Waals surface area contributed by atoms with Crippen LogP contribution in [0.3, 0.4) is 0 Å². The summed E-state index contributed by atoms with van der Waals surface area (Å²) in [5.74, 6) is 0.620. The highest BCUT2D eigenvalue weighted by Crippen LogP contribution is 2.10. The number of rotatable bonds is 9. The maximum atomic E-state index is 5.19. The van der Waals surface area contributed by atoms with Crippen molar-refractivity contribution in [1.29, 1.82) is 0 Å². The Morgan fingerprint density at radius 1 is 1.05 bits per heavy atom. The van der Waals surface area contributed by atoms with Crippen LogP contribution in [-0.4, -0.2) is 55.5 Å². The van der Waals surface area contributed by atoms with Crippen LogP contribution >= 0.6 is 0 Å². The molecular weight excluding hydrogens is 248 g/mol. The van der Waals surface area contributed by atoms with E-state index >= 15 is 0 Å². The second-order valence-corrected chi connectivity index (χ2v) is 4.04. The van der Waals surface area contributed by atoms with Crippen molar-refractivity contribution in [2.24, 2.45) is 0 Å². The van der Waals surface area contributed by atoms with E-state index in [4.69, 9.17) is 14.2 Å². The van der Waals surface area contributed by atoms with E-state index in [-0.39, 0.29) is 18.1 Å². The molecule has 0 saturated carbocycles. The zero-order valence-electron chi connectivity index (χ0n) is 12.0.